The minimum atomic E-state index is -4.39. The Morgan fingerprint density at radius 2 is 1.45 bits per heavy atom. The highest BCUT2D eigenvalue weighted by atomic mass is 32.2. The molecule has 2 aliphatic heterocycles. The average molecular weight is 865 g/mol. The fraction of sp³-hybridized carbons (Fsp3) is 0.436. The number of hydrogen-bond donors (Lipinski definition) is 5. The molecule has 0 aromatic heterocycles. The Labute approximate surface area is 339 Å². The summed E-state index contributed by atoms with van der Waals surface area (Å²) in [6.07, 6.45) is 9.34. The second-order valence-electron chi connectivity index (χ2n) is 15.2. The molecule has 16 nitrogen and oxygen atoms in total. The monoisotopic (exact) mass is 864 g/mol. The molecule has 0 spiro atoms. The van der Waals surface area contributed by atoms with Gasteiger partial charge in [0.15, 0.2) is 11.5 Å². The first-order valence-corrected chi connectivity index (χ1v) is 23.3. The topological polar surface area (TPSA) is 253 Å². The van der Waals surface area contributed by atoms with Gasteiger partial charge in [0.1, 0.15) is 6.54 Å². The van der Waals surface area contributed by atoms with Gasteiger partial charge in [-0.25, -0.2) is 4.79 Å². The Morgan fingerprint density at radius 1 is 0.810 bits per heavy atom. The van der Waals surface area contributed by atoms with Gasteiger partial charge < -0.3 is 15.3 Å². The first kappa shape index (κ1) is 46.2. The van der Waals surface area contributed by atoms with E-state index in [4.69, 9.17) is 0 Å². The molecule has 2 heterocycles. The zero-order chi connectivity index (χ0) is 43.4. The molecule has 4 rings (SSSR count). The number of anilines is 1. The molecular weight excluding hydrogens is 815 g/mol. The van der Waals surface area contributed by atoms with Gasteiger partial charge in [0, 0.05) is 71.6 Å². The average Bonchev–Trinajstić information content (AvgIpc) is 3.44. The summed E-state index contributed by atoms with van der Waals surface area (Å²) in [6, 6.07) is 7.92. The lowest BCUT2D eigenvalue weighted by molar-refractivity contribution is -0.437. The quantitative estimate of drug-likeness (QED) is 0.0555. The number of nitrogens with one attached hydrogen (secondary N) is 1. The lowest BCUT2D eigenvalue weighted by Gasteiger charge is -2.27. The molecule has 0 atom stereocenters. The van der Waals surface area contributed by atoms with Crippen LogP contribution < -0.4 is 10.2 Å². The van der Waals surface area contributed by atoms with Crippen LogP contribution in [0.5, 0.6) is 0 Å². The SMILES string of the molecule is CCCC(=O)c1cc(C(=O)NCCS(=O)(=O)O)c2c(c1)N(CCCS(=O)(=O)O)C(=CC=CC=CC1=[N+](CCCS(=O)(=O)O)c3cccc(C(=O)O)c3C1(C)C)C2(C)C. The molecule has 2 aromatic rings. The number of Topliss-reactive ketones (excluding diaryl/α,β-unsaturated/α-hetero) is 1. The number of hydrogen-bond acceptors (Lipinski definition) is 10. The highest BCUT2D eigenvalue weighted by Gasteiger charge is 2.47. The Morgan fingerprint density at radius 3 is 2.05 bits per heavy atom. The number of fused-ring (bicyclic) bond motifs is 2. The van der Waals surface area contributed by atoms with Crippen LogP contribution in [0.1, 0.15) is 103 Å². The zero-order valence-corrected chi connectivity index (χ0v) is 35.4. The van der Waals surface area contributed by atoms with Crippen molar-refractivity contribution in [1.29, 1.82) is 0 Å². The van der Waals surface area contributed by atoms with E-state index in [0.717, 1.165) is 0 Å². The number of carboxylic acids is 1. The first-order chi connectivity index (χ1) is 26.8. The highest BCUT2D eigenvalue weighted by Crippen LogP contribution is 2.50. The predicted molar refractivity (Wildman–Crippen MR) is 219 cm³/mol. The van der Waals surface area contributed by atoms with Gasteiger partial charge in [-0.05, 0) is 51.0 Å². The standard InChI is InChI=1S/C39H49N3O13S3/c1-6-13-31(43)26-24-28(36(44)40-18-23-58(53,54)55)35-30(25-26)42(20-12-22-57(50,51)52)33(39(35,4)5)17-9-7-8-16-32-38(2,3)34-27(37(45)46)14-10-15-29(34)41(32)19-11-21-56(47,48)49/h7-10,14-17,24-25H,6,11-13,18-23H2,1-5H3,(H4-,40,44,45,46,47,48,49,50,51,52,53,54,55)/p+1. The maximum Gasteiger partial charge on any atom is 0.336 e. The Hall–Kier alpha value is -4.53. The Kier molecular flexibility index (Phi) is 14.1. The van der Waals surface area contributed by atoms with Crippen LogP contribution in [0.4, 0.5) is 11.4 Å². The number of carbonyl (C=O) groups is 3. The van der Waals surface area contributed by atoms with Crippen LogP contribution in [-0.4, -0.2) is 109 Å². The van der Waals surface area contributed by atoms with E-state index < -0.39 is 76.9 Å². The molecule has 1 amide bonds. The maximum atomic E-state index is 13.7. The van der Waals surface area contributed by atoms with Crippen molar-refractivity contribution in [2.45, 2.75) is 71.1 Å². The molecule has 2 aromatic carbocycles. The van der Waals surface area contributed by atoms with E-state index in [2.05, 4.69) is 5.32 Å². The van der Waals surface area contributed by atoms with E-state index in [0.29, 0.717) is 40.3 Å². The zero-order valence-electron chi connectivity index (χ0n) is 32.9. The van der Waals surface area contributed by atoms with Crippen molar-refractivity contribution in [1.82, 2.24) is 5.32 Å². The van der Waals surface area contributed by atoms with Gasteiger partial charge in [0.2, 0.25) is 5.69 Å². The van der Waals surface area contributed by atoms with Crippen LogP contribution in [0.3, 0.4) is 0 Å². The van der Waals surface area contributed by atoms with Crippen molar-refractivity contribution >= 4 is 65.1 Å². The van der Waals surface area contributed by atoms with Gasteiger partial charge in [-0.2, -0.15) is 29.8 Å². The largest absolute Gasteiger partial charge is 0.478 e. The van der Waals surface area contributed by atoms with Crippen LogP contribution in [0.2, 0.25) is 0 Å². The second-order valence-corrected chi connectivity index (χ2v) is 19.9. The number of amides is 1. The van der Waals surface area contributed by atoms with E-state index in [1.165, 1.54) is 12.1 Å². The van der Waals surface area contributed by atoms with Gasteiger partial charge in [0.25, 0.3) is 36.3 Å². The Bertz CT molecular complexity index is 2450. The summed E-state index contributed by atoms with van der Waals surface area (Å²) >= 11 is 0. The molecule has 19 heteroatoms. The molecule has 0 fully saturated rings. The fourth-order valence-electron chi connectivity index (χ4n) is 7.63. The summed E-state index contributed by atoms with van der Waals surface area (Å²) in [5.74, 6) is -3.88. The summed E-state index contributed by atoms with van der Waals surface area (Å²) in [6.45, 7) is 8.97. The number of benzene rings is 2. The van der Waals surface area contributed by atoms with Crippen LogP contribution in [-0.2, 0) is 41.2 Å². The summed E-state index contributed by atoms with van der Waals surface area (Å²) in [7, 11) is -13.0. The van der Waals surface area contributed by atoms with Gasteiger partial charge in [-0.15, -0.1) is 0 Å². The molecule has 2 aliphatic rings. The van der Waals surface area contributed by atoms with E-state index in [1.807, 2.05) is 39.2 Å². The predicted octanol–water partition coefficient (Wildman–Crippen LogP) is 4.71. The van der Waals surface area contributed by atoms with Crippen LogP contribution in [0.15, 0.2) is 66.4 Å². The van der Waals surface area contributed by atoms with Crippen molar-refractivity contribution in [2.24, 2.45) is 0 Å². The van der Waals surface area contributed by atoms with Gasteiger partial charge in [0.05, 0.1) is 33.8 Å². The number of nitrogens with zero attached hydrogens (tertiary/aromatic N) is 2. The molecular formula is C39H50N3O13S3+. The van der Waals surface area contributed by atoms with Gasteiger partial charge in [-0.3, -0.25) is 23.2 Å². The van der Waals surface area contributed by atoms with Crippen molar-refractivity contribution < 1.29 is 63.0 Å². The molecule has 0 unspecified atom stereocenters. The van der Waals surface area contributed by atoms with E-state index >= 15 is 0 Å². The number of allylic oxidation sites excluding steroid dienone is 6. The molecule has 0 aliphatic carbocycles. The normalized spacial score (nSPS) is 17.0. The highest BCUT2D eigenvalue weighted by molar-refractivity contribution is 7.86. The van der Waals surface area contributed by atoms with Gasteiger partial charge >= 0.3 is 5.97 Å². The fourth-order valence-corrected chi connectivity index (χ4v) is 8.98. The first-order valence-electron chi connectivity index (χ1n) is 18.5. The van der Waals surface area contributed by atoms with E-state index in [9.17, 15) is 58.4 Å². The second kappa shape index (κ2) is 17.8. The minimum absolute atomic E-state index is 0.0297. The molecule has 5 N–H and O–H groups in total. The molecule has 0 saturated heterocycles. The van der Waals surface area contributed by atoms with E-state index in [1.54, 1.807) is 53.5 Å². The molecule has 0 radical (unpaired) electrons. The van der Waals surface area contributed by atoms with Crippen LogP contribution >= 0.6 is 0 Å². The molecule has 58 heavy (non-hydrogen) atoms. The van der Waals surface area contributed by atoms with Crippen molar-refractivity contribution in [2.75, 3.05) is 41.8 Å². The lowest BCUT2D eigenvalue weighted by Crippen LogP contribution is -2.31. The molecule has 316 valence electrons. The smallest absolute Gasteiger partial charge is 0.336 e. The maximum absolute atomic E-state index is 13.7. The minimum Gasteiger partial charge on any atom is -0.478 e. The third-order valence-corrected chi connectivity index (χ3v) is 12.4. The van der Waals surface area contributed by atoms with Crippen LogP contribution in [0.25, 0.3) is 0 Å². The van der Waals surface area contributed by atoms with Crippen LogP contribution in [0, 0.1) is 0 Å². The third-order valence-electron chi connectivity index (χ3n) is 10.1. The van der Waals surface area contributed by atoms with E-state index in [-0.39, 0.29) is 54.8 Å². The number of carboxylic acid groups (broad SMARTS) is 1. The Balaban J connectivity index is 1.81. The molecule has 0 bridgehead atoms. The number of carbonyl (C=O) groups excluding carboxylic acids is 2. The summed E-state index contributed by atoms with van der Waals surface area (Å²) < 4.78 is 99.1. The summed E-state index contributed by atoms with van der Waals surface area (Å²) in [5.41, 5.74) is 1.88. The van der Waals surface area contributed by atoms with Crippen molar-refractivity contribution in [3.05, 3.63) is 94.2 Å². The number of rotatable bonds is 19. The van der Waals surface area contributed by atoms with Crippen molar-refractivity contribution in [3.8, 4) is 0 Å². The summed E-state index contributed by atoms with van der Waals surface area (Å²) in [5, 5.41) is 12.5. The van der Waals surface area contributed by atoms with Gasteiger partial charge in [-0.1, -0.05) is 45.1 Å². The summed E-state index contributed by atoms with van der Waals surface area (Å²) in [4.78, 5) is 40.9. The lowest BCUT2D eigenvalue weighted by atomic mass is 9.79. The van der Waals surface area contributed by atoms with Crippen molar-refractivity contribution in [3.63, 3.8) is 0 Å². The molecule has 0 saturated carbocycles. The number of ketones is 1. The number of aromatic carboxylic acids is 1. The third kappa shape index (κ3) is 10.9.